The van der Waals surface area contributed by atoms with Crippen LogP contribution in [0.4, 0.5) is 13.2 Å². The van der Waals surface area contributed by atoms with Crippen LogP contribution in [0.25, 0.3) is 6.08 Å². The molecule has 0 atom stereocenters. The molecule has 0 saturated heterocycles. The van der Waals surface area contributed by atoms with Crippen molar-refractivity contribution in [3.8, 4) is 5.75 Å². The number of likely N-dealkylation sites (N-methyl/N-ethyl adjacent to an activating group) is 1. The van der Waals surface area contributed by atoms with Gasteiger partial charge in [-0.1, -0.05) is 12.1 Å². The van der Waals surface area contributed by atoms with Gasteiger partial charge in [-0.25, -0.2) is 4.79 Å². The van der Waals surface area contributed by atoms with E-state index >= 15 is 0 Å². The van der Waals surface area contributed by atoms with E-state index in [2.05, 4.69) is 14.8 Å². The molecule has 0 aliphatic carbocycles. The molecule has 1 N–H and O–H groups in total. The molecule has 0 spiro atoms. The summed E-state index contributed by atoms with van der Waals surface area (Å²) < 4.78 is 44.5. The second-order valence-corrected chi connectivity index (χ2v) is 5.12. The Bertz CT molecular complexity index is 669. The van der Waals surface area contributed by atoms with Gasteiger partial charge in [0.25, 0.3) is 5.91 Å². The van der Waals surface area contributed by atoms with Crippen molar-refractivity contribution in [2.45, 2.75) is 6.36 Å². The third kappa shape index (κ3) is 8.71. The van der Waals surface area contributed by atoms with Crippen molar-refractivity contribution in [3.63, 3.8) is 0 Å². The van der Waals surface area contributed by atoms with E-state index in [4.69, 9.17) is 0 Å². The molecule has 0 heterocycles. The number of benzene rings is 1. The average Bonchev–Trinajstić information content (AvgIpc) is 2.55. The van der Waals surface area contributed by atoms with Gasteiger partial charge in [0.2, 0.25) is 5.91 Å². The van der Waals surface area contributed by atoms with Crippen molar-refractivity contribution in [1.29, 1.82) is 0 Å². The predicted molar refractivity (Wildman–Crippen MR) is 84.8 cm³/mol. The highest BCUT2D eigenvalue weighted by molar-refractivity contribution is 5.90. The first-order valence-corrected chi connectivity index (χ1v) is 7.24. The molecule has 10 heteroatoms. The number of carbonyl (C=O) groups is 3. The van der Waals surface area contributed by atoms with E-state index in [1.54, 1.807) is 0 Å². The zero-order chi connectivity index (χ0) is 19.7. The van der Waals surface area contributed by atoms with E-state index in [1.165, 1.54) is 37.2 Å². The van der Waals surface area contributed by atoms with E-state index < -0.39 is 24.8 Å². The fourth-order valence-corrected chi connectivity index (χ4v) is 1.51. The lowest BCUT2D eigenvalue weighted by Gasteiger charge is -2.10. The summed E-state index contributed by atoms with van der Waals surface area (Å²) in [5.74, 6) is -2.17. The van der Waals surface area contributed by atoms with Crippen LogP contribution in [0, 0.1) is 0 Å². The molecule has 0 aliphatic rings. The number of nitrogens with zero attached hydrogens (tertiary/aromatic N) is 1. The summed E-state index contributed by atoms with van der Waals surface area (Å²) in [5, 5.41) is 2.28. The topological polar surface area (TPSA) is 84.9 Å². The molecule has 0 bridgehead atoms. The summed E-state index contributed by atoms with van der Waals surface area (Å²) in [5.41, 5.74) is 0.428. The van der Waals surface area contributed by atoms with E-state index in [0.717, 1.165) is 18.2 Å². The van der Waals surface area contributed by atoms with Crippen molar-refractivity contribution >= 4 is 23.9 Å². The lowest BCUT2D eigenvalue weighted by Crippen LogP contribution is -2.38. The molecule has 142 valence electrons. The second kappa shape index (κ2) is 9.44. The van der Waals surface area contributed by atoms with Gasteiger partial charge in [0, 0.05) is 20.2 Å². The predicted octanol–water partition coefficient (Wildman–Crippen LogP) is 1.35. The lowest BCUT2D eigenvalue weighted by atomic mass is 10.2. The molecule has 0 aliphatic heterocycles. The Labute approximate surface area is 147 Å². The van der Waals surface area contributed by atoms with Crippen LogP contribution >= 0.6 is 0 Å². The second-order valence-electron chi connectivity index (χ2n) is 5.12. The molecular formula is C16H17F3N2O5. The first kappa shape index (κ1) is 21.0. The fourth-order valence-electron chi connectivity index (χ4n) is 1.51. The molecular weight excluding hydrogens is 357 g/mol. The number of hydrogen-bond donors (Lipinski definition) is 1. The van der Waals surface area contributed by atoms with Crippen LogP contribution in [-0.4, -0.2) is 56.3 Å². The minimum atomic E-state index is -4.78. The van der Waals surface area contributed by atoms with Gasteiger partial charge in [-0.05, 0) is 23.8 Å². The van der Waals surface area contributed by atoms with Crippen molar-refractivity contribution in [3.05, 3.63) is 35.9 Å². The van der Waals surface area contributed by atoms with Crippen LogP contribution in [-0.2, 0) is 19.1 Å². The van der Waals surface area contributed by atoms with E-state index in [9.17, 15) is 27.6 Å². The van der Waals surface area contributed by atoms with Crippen molar-refractivity contribution in [1.82, 2.24) is 10.2 Å². The largest absolute Gasteiger partial charge is 0.573 e. The first-order valence-electron chi connectivity index (χ1n) is 7.24. The van der Waals surface area contributed by atoms with Gasteiger partial charge in [0.15, 0.2) is 6.61 Å². The third-order valence-corrected chi connectivity index (χ3v) is 2.81. The zero-order valence-electron chi connectivity index (χ0n) is 14.0. The van der Waals surface area contributed by atoms with E-state index in [1.807, 2.05) is 0 Å². The minimum Gasteiger partial charge on any atom is -0.452 e. The summed E-state index contributed by atoms with van der Waals surface area (Å²) >= 11 is 0. The molecule has 0 fully saturated rings. The number of ether oxygens (including phenoxy) is 2. The standard InChI is InChI=1S/C16H17F3N2O5/c1-21(2)14(23)9-20-13(22)10-25-15(24)8-5-11-3-6-12(7-4-11)26-16(17,18)19/h3-8H,9-10H2,1-2H3,(H,20,22)/b8-5+. The summed E-state index contributed by atoms with van der Waals surface area (Å²) in [6.45, 7) is -0.784. The number of hydrogen-bond acceptors (Lipinski definition) is 5. The maximum absolute atomic E-state index is 12.0. The maximum Gasteiger partial charge on any atom is 0.573 e. The van der Waals surface area contributed by atoms with E-state index in [0.29, 0.717) is 5.56 Å². The fraction of sp³-hybridized carbons (Fsp3) is 0.312. The number of esters is 1. The molecule has 2 amide bonds. The van der Waals surface area contributed by atoms with Gasteiger partial charge < -0.3 is 19.7 Å². The smallest absolute Gasteiger partial charge is 0.452 e. The Morgan fingerprint density at radius 1 is 1.15 bits per heavy atom. The summed E-state index contributed by atoms with van der Waals surface area (Å²) in [6.07, 6.45) is -2.47. The lowest BCUT2D eigenvalue weighted by molar-refractivity contribution is -0.274. The average molecular weight is 374 g/mol. The molecule has 1 rings (SSSR count). The van der Waals surface area contributed by atoms with Gasteiger partial charge in [-0.3, -0.25) is 9.59 Å². The normalized spacial score (nSPS) is 11.1. The Morgan fingerprint density at radius 3 is 2.31 bits per heavy atom. The maximum atomic E-state index is 12.0. The van der Waals surface area contributed by atoms with Crippen LogP contribution < -0.4 is 10.1 Å². The quantitative estimate of drug-likeness (QED) is 0.575. The van der Waals surface area contributed by atoms with Gasteiger partial charge in [0.05, 0.1) is 6.54 Å². The Balaban J connectivity index is 2.40. The van der Waals surface area contributed by atoms with Gasteiger partial charge >= 0.3 is 12.3 Å². The Morgan fingerprint density at radius 2 is 1.77 bits per heavy atom. The first-order chi connectivity index (χ1) is 12.1. The van der Waals surface area contributed by atoms with Crippen molar-refractivity contribution in [2.75, 3.05) is 27.2 Å². The van der Waals surface area contributed by atoms with Crippen LogP contribution in [0.5, 0.6) is 5.75 Å². The molecule has 0 aromatic heterocycles. The van der Waals surface area contributed by atoms with Crippen LogP contribution in [0.3, 0.4) is 0 Å². The molecule has 1 aromatic carbocycles. The van der Waals surface area contributed by atoms with Crippen LogP contribution in [0.2, 0.25) is 0 Å². The minimum absolute atomic E-state index is 0.217. The highest BCUT2D eigenvalue weighted by atomic mass is 19.4. The summed E-state index contributed by atoms with van der Waals surface area (Å²) in [6, 6.07) is 4.80. The molecule has 0 saturated carbocycles. The molecule has 0 unspecified atom stereocenters. The molecule has 1 aromatic rings. The van der Waals surface area contributed by atoms with E-state index in [-0.39, 0.29) is 18.2 Å². The van der Waals surface area contributed by atoms with Crippen molar-refractivity contribution < 1.29 is 37.0 Å². The zero-order valence-corrected chi connectivity index (χ0v) is 14.0. The third-order valence-electron chi connectivity index (χ3n) is 2.81. The molecule has 26 heavy (non-hydrogen) atoms. The molecule has 7 nitrogen and oxygen atoms in total. The number of alkyl halides is 3. The van der Waals surface area contributed by atoms with Crippen molar-refractivity contribution in [2.24, 2.45) is 0 Å². The number of amides is 2. The highest BCUT2D eigenvalue weighted by Gasteiger charge is 2.30. The van der Waals surface area contributed by atoms with Crippen LogP contribution in [0.15, 0.2) is 30.3 Å². The van der Waals surface area contributed by atoms with Gasteiger partial charge in [-0.15, -0.1) is 13.2 Å². The summed E-state index contributed by atoms with van der Waals surface area (Å²) in [4.78, 5) is 35.5. The Kier molecular flexibility index (Phi) is 7.63. The number of rotatable bonds is 7. The monoisotopic (exact) mass is 374 g/mol. The van der Waals surface area contributed by atoms with Crippen LogP contribution in [0.1, 0.15) is 5.56 Å². The number of halogens is 3. The van der Waals surface area contributed by atoms with Gasteiger partial charge in [0.1, 0.15) is 5.75 Å². The SMILES string of the molecule is CN(C)C(=O)CNC(=O)COC(=O)/C=C/c1ccc(OC(F)(F)F)cc1. The molecule has 0 radical (unpaired) electrons. The highest BCUT2D eigenvalue weighted by Crippen LogP contribution is 2.22. The number of nitrogens with one attached hydrogen (secondary N) is 1. The number of carbonyl (C=O) groups excluding carboxylic acids is 3. The Hall–Kier alpha value is -3.04. The van der Waals surface area contributed by atoms with Gasteiger partial charge in [-0.2, -0.15) is 0 Å². The summed E-state index contributed by atoms with van der Waals surface area (Å²) in [7, 11) is 3.06.